The zero-order valence-electron chi connectivity index (χ0n) is 9.51. The minimum atomic E-state index is 0.230. The molecule has 1 aromatic rings. The van der Waals surface area contributed by atoms with Crippen molar-refractivity contribution >= 4 is 11.5 Å². The molecule has 0 bridgehead atoms. The van der Waals surface area contributed by atoms with Gasteiger partial charge in [0.25, 0.3) is 0 Å². The van der Waals surface area contributed by atoms with E-state index < -0.39 is 0 Å². The molecular formula is C11H19N3OS. The molecule has 0 spiro atoms. The molecule has 1 aromatic heterocycles. The molecule has 1 fully saturated rings. The molecule has 0 atom stereocenters. The topological polar surface area (TPSA) is 49.2 Å². The summed E-state index contributed by atoms with van der Waals surface area (Å²) in [6, 6.07) is 0.627. The van der Waals surface area contributed by atoms with Gasteiger partial charge < -0.3 is 5.11 Å². The normalized spacial score (nSPS) is 18.1. The molecule has 0 aromatic carbocycles. The summed E-state index contributed by atoms with van der Waals surface area (Å²) in [6.45, 7) is 1.82. The van der Waals surface area contributed by atoms with E-state index in [0.717, 1.165) is 18.8 Å². The van der Waals surface area contributed by atoms with Crippen LogP contribution in [0.25, 0.3) is 0 Å². The number of aliphatic hydroxyl groups excluding tert-OH is 1. The minimum Gasteiger partial charge on any atom is -0.395 e. The summed E-state index contributed by atoms with van der Waals surface area (Å²) in [5.41, 5.74) is 1.03. The number of aromatic nitrogens is 2. The van der Waals surface area contributed by atoms with Crippen LogP contribution in [0.3, 0.4) is 0 Å². The molecule has 0 aliphatic heterocycles. The zero-order chi connectivity index (χ0) is 11.2. The fraction of sp³-hybridized carbons (Fsp3) is 0.818. The Kier molecular flexibility index (Phi) is 4.69. The first-order valence-corrected chi connectivity index (χ1v) is 6.84. The fourth-order valence-electron chi connectivity index (χ4n) is 2.43. The SMILES string of the molecule is OCCN(Cc1csnn1)C1CCCCC1. The van der Waals surface area contributed by atoms with E-state index in [1.807, 2.05) is 5.38 Å². The van der Waals surface area contributed by atoms with Crippen LogP contribution in [0.15, 0.2) is 5.38 Å². The van der Waals surface area contributed by atoms with Gasteiger partial charge in [-0.2, -0.15) is 0 Å². The Morgan fingerprint density at radius 3 is 2.81 bits per heavy atom. The minimum absolute atomic E-state index is 0.230. The molecule has 2 rings (SSSR count). The largest absolute Gasteiger partial charge is 0.395 e. The summed E-state index contributed by atoms with van der Waals surface area (Å²) in [6.07, 6.45) is 6.53. The molecule has 0 unspecified atom stereocenters. The van der Waals surface area contributed by atoms with Crippen LogP contribution in [0.5, 0.6) is 0 Å². The van der Waals surface area contributed by atoms with Crippen LogP contribution in [0.2, 0.25) is 0 Å². The summed E-state index contributed by atoms with van der Waals surface area (Å²) in [7, 11) is 0. The average Bonchev–Trinajstić information content (AvgIpc) is 2.83. The maximum atomic E-state index is 9.12. The molecule has 1 aliphatic rings. The van der Waals surface area contributed by atoms with Gasteiger partial charge in [-0.3, -0.25) is 4.90 Å². The van der Waals surface area contributed by atoms with Crippen molar-refractivity contribution in [2.75, 3.05) is 13.2 Å². The van der Waals surface area contributed by atoms with Crippen molar-refractivity contribution in [2.45, 2.75) is 44.7 Å². The summed E-state index contributed by atoms with van der Waals surface area (Å²) < 4.78 is 3.88. The van der Waals surface area contributed by atoms with E-state index in [1.165, 1.54) is 43.6 Å². The molecule has 1 saturated carbocycles. The molecule has 0 radical (unpaired) electrons. The third kappa shape index (κ3) is 3.23. The first-order valence-electron chi connectivity index (χ1n) is 6.01. The second-order valence-electron chi connectivity index (χ2n) is 4.38. The quantitative estimate of drug-likeness (QED) is 0.852. The van der Waals surface area contributed by atoms with Crippen LogP contribution in [0, 0.1) is 0 Å². The van der Waals surface area contributed by atoms with Crippen LogP contribution in [-0.2, 0) is 6.54 Å². The highest BCUT2D eigenvalue weighted by molar-refractivity contribution is 7.03. The van der Waals surface area contributed by atoms with Crippen molar-refractivity contribution in [3.05, 3.63) is 11.1 Å². The maximum Gasteiger partial charge on any atom is 0.0895 e. The lowest BCUT2D eigenvalue weighted by molar-refractivity contribution is 0.116. The Balaban J connectivity index is 1.92. The third-order valence-corrected chi connectivity index (χ3v) is 3.80. The van der Waals surface area contributed by atoms with Crippen LogP contribution in [0.1, 0.15) is 37.8 Å². The summed E-state index contributed by atoms with van der Waals surface area (Å²) in [5.74, 6) is 0. The lowest BCUT2D eigenvalue weighted by atomic mass is 9.94. The maximum absolute atomic E-state index is 9.12. The van der Waals surface area contributed by atoms with Gasteiger partial charge in [0.2, 0.25) is 0 Å². The second-order valence-corrected chi connectivity index (χ2v) is 4.99. The van der Waals surface area contributed by atoms with Gasteiger partial charge in [-0.05, 0) is 24.4 Å². The number of aliphatic hydroxyl groups is 1. The van der Waals surface area contributed by atoms with E-state index in [-0.39, 0.29) is 6.61 Å². The molecule has 1 heterocycles. The van der Waals surface area contributed by atoms with Crippen molar-refractivity contribution in [3.63, 3.8) is 0 Å². The van der Waals surface area contributed by atoms with Crippen LogP contribution < -0.4 is 0 Å². The van der Waals surface area contributed by atoms with E-state index >= 15 is 0 Å². The van der Waals surface area contributed by atoms with Gasteiger partial charge in [0.15, 0.2) is 0 Å². The van der Waals surface area contributed by atoms with E-state index in [4.69, 9.17) is 5.11 Å². The van der Waals surface area contributed by atoms with Gasteiger partial charge >= 0.3 is 0 Å². The average molecular weight is 241 g/mol. The third-order valence-electron chi connectivity index (χ3n) is 3.25. The Labute approximate surface area is 100 Å². The van der Waals surface area contributed by atoms with Gasteiger partial charge in [-0.1, -0.05) is 23.8 Å². The Hall–Kier alpha value is -0.520. The van der Waals surface area contributed by atoms with Crippen LogP contribution in [0.4, 0.5) is 0 Å². The van der Waals surface area contributed by atoms with Gasteiger partial charge in [0.05, 0.1) is 12.3 Å². The predicted molar refractivity (Wildman–Crippen MR) is 64.3 cm³/mol. The van der Waals surface area contributed by atoms with Crippen molar-refractivity contribution in [3.8, 4) is 0 Å². The fourth-order valence-corrected chi connectivity index (χ4v) is 2.87. The molecule has 1 N–H and O–H groups in total. The van der Waals surface area contributed by atoms with Crippen LogP contribution in [-0.4, -0.2) is 38.8 Å². The molecular weight excluding hydrogens is 222 g/mol. The van der Waals surface area contributed by atoms with Crippen molar-refractivity contribution in [1.82, 2.24) is 14.5 Å². The predicted octanol–water partition coefficient (Wildman–Crippen LogP) is 1.67. The zero-order valence-corrected chi connectivity index (χ0v) is 10.3. The van der Waals surface area contributed by atoms with Crippen molar-refractivity contribution in [1.29, 1.82) is 0 Å². The first-order chi connectivity index (χ1) is 7.90. The number of rotatable bonds is 5. The number of hydrogen-bond donors (Lipinski definition) is 1. The van der Waals surface area contributed by atoms with E-state index in [0.29, 0.717) is 6.04 Å². The number of hydrogen-bond acceptors (Lipinski definition) is 5. The molecule has 0 amide bonds. The van der Waals surface area contributed by atoms with Gasteiger partial charge in [-0.15, -0.1) is 5.10 Å². The molecule has 1 aliphatic carbocycles. The Morgan fingerprint density at radius 1 is 1.38 bits per heavy atom. The monoisotopic (exact) mass is 241 g/mol. The smallest absolute Gasteiger partial charge is 0.0895 e. The second kappa shape index (κ2) is 6.27. The lowest BCUT2D eigenvalue weighted by Crippen LogP contribution is -2.38. The molecule has 4 nitrogen and oxygen atoms in total. The van der Waals surface area contributed by atoms with E-state index in [1.54, 1.807) is 0 Å². The van der Waals surface area contributed by atoms with E-state index in [2.05, 4.69) is 14.5 Å². The number of nitrogens with zero attached hydrogens (tertiary/aromatic N) is 3. The molecule has 90 valence electrons. The molecule has 5 heteroatoms. The highest BCUT2D eigenvalue weighted by atomic mass is 32.1. The standard InChI is InChI=1S/C11H19N3OS/c15-7-6-14(8-10-9-16-13-12-10)11-4-2-1-3-5-11/h9,11,15H,1-8H2. The highest BCUT2D eigenvalue weighted by Crippen LogP contribution is 2.23. The van der Waals surface area contributed by atoms with Gasteiger partial charge in [0.1, 0.15) is 0 Å². The molecule has 0 saturated heterocycles. The van der Waals surface area contributed by atoms with Crippen molar-refractivity contribution in [2.24, 2.45) is 0 Å². The Morgan fingerprint density at radius 2 is 2.19 bits per heavy atom. The lowest BCUT2D eigenvalue weighted by Gasteiger charge is -2.33. The highest BCUT2D eigenvalue weighted by Gasteiger charge is 2.21. The van der Waals surface area contributed by atoms with Gasteiger partial charge in [-0.25, -0.2) is 0 Å². The first kappa shape index (κ1) is 12.0. The summed E-state index contributed by atoms with van der Waals surface area (Å²) in [5, 5.41) is 15.2. The van der Waals surface area contributed by atoms with Gasteiger partial charge in [0, 0.05) is 24.5 Å². The summed E-state index contributed by atoms with van der Waals surface area (Å²) >= 11 is 1.40. The molecule has 16 heavy (non-hydrogen) atoms. The Bertz CT molecular complexity index is 285. The van der Waals surface area contributed by atoms with Crippen LogP contribution >= 0.6 is 11.5 Å². The van der Waals surface area contributed by atoms with E-state index in [9.17, 15) is 0 Å². The summed E-state index contributed by atoms with van der Waals surface area (Å²) in [4.78, 5) is 2.36. The van der Waals surface area contributed by atoms with Crippen molar-refractivity contribution < 1.29 is 5.11 Å².